The Kier molecular flexibility index (Phi) is 18.0. The number of hydrogen-bond donors (Lipinski definition) is 1. The normalized spacial score (nSPS) is 12.2. The van der Waals surface area contributed by atoms with Crippen molar-refractivity contribution < 1.29 is 0 Å². The molecule has 5 nitrogen and oxygen atoms in total. The quantitative estimate of drug-likeness (QED) is 0.110. The van der Waals surface area contributed by atoms with E-state index in [4.69, 9.17) is 5.73 Å². The Morgan fingerprint density at radius 2 is 0.459 bits per heavy atom. The highest BCUT2D eigenvalue weighted by atomic mass is 15.2. The number of nitrogen functional groups attached to an aromatic ring is 1. The van der Waals surface area contributed by atoms with Gasteiger partial charge in [0.1, 0.15) is 0 Å². The molecule has 0 saturated carbocycles. The SMILES string of the molecule is CC(C)(C)c1ccc2c(c1)c1cc(C(C)(C)C)ccc1n2-c1cc(-c2cccc(-c3cc(N(c4ccccc4)c4c(-c5ccccc5)cccc4-c4ccccc4)cc(-n4c5ccc(C(C)(C)C)cc5c5cc(C(C)(C)C)ccc54)c3)c2N)cc(N(c2ccccc2)c2c(-c3ccccc3)cccc2-c2ccccc2)c1. The van der Waals surface area contributed by atoms with Crippen molar-refractivity contribution in [3.63, 3.8) is 0 Å². The van der Waals surface area contributed by atoms with Crippen LogP contribution in [0.2, 0.25) is 0 Å². The lowest BCUT2D eigenvalue weighted by Crippen LogP contribution is -2.14. The summed E-state index contributed by atoms with van der Waals surface area (Å²) in [5, 5.41) is 4.86. The maximum Gasteiger partial charge on any atom is 0.0618 e. The zero-order valence-electron chi connectivity index (χ0n) is 65.8. The van der Waals surface area contributed by atoms with Gasteiger partial charge in [-0.15, -0.1) is 0 Å². The van der Waals surface area contributed by atoms with Gasteiger partial charge in [-0.25, -0.2) is 0 Å². The Hall–Kier alpha value is -12.7. The van der Waals surface area contributed by atoms with Gasteiger partial charge in [0.05, 0.1) is 33.4 Å². The Morgan fingerprint density at radius 3 is 0.712 bits per heavy atom. The number of rotatable bonds is 14. The highest BCUT2D eigenvalue weighted by molar-refractivity contribution is 6.12. The summed E-state index contributed by atoms with van der Waals surface area (Å²) >= 11 is 0. The molecule has 544 valence electrons. The highest BCUT2D eigenvalue weighted by Gasteiger charge is 2.30. The lowest BCUT2D eigenvalue weighted by Gasteiger charge is -2.31. The summed E-state index contributed by atoms with van der Waals surface area (Å²) in [5.41, 5.74) is 39.0. The van der Waals surface area contributed by atoms with Gasteiger partial charge in [0, 0.05) is 94.7 Å². The van der Waals surface area contributed by atoms with Gasteiger partial charge in [-0.2, -0.15) is 0 Å². The van der Waals surface area contributed by atoms with E-state index in [0.29, 0.717) is 5.69 Å². The van der Waals surface area contributed by atoms with E-state index < -0.39 is 0 Å². The largest absolute Gasteiger partial charge is 0.398 e. The van der Waals surface area contributed by atoms with Crippen LogP contribution in [0, 0.1) is 0 Å². The predicted octanol–water partition coefficient (Wildman–Crippen LogP) is 29.6. The third-order valence-electron chi connectivity index (χ3n) is 22.4. The van der Waals surface area contributed by atoms with Crippen molar-refractivity contribution in [3.8, 4) is 78.1 Å². The third kappa shape index (κ3) is 13.3. The van der Waals surface area contributed by atoms with E-state index in [1.807, 2.05) is 0 Å². The van der Waals surface area contributed by atoms with E-state index >= 15 is 0 Å². The van der Waals surface area contributed by atoms with Crippen LogP contribution in [-0.4, -0.2) is 9.13 Å². The summed E-state index contributed by atoms with van der Waals surface area (Å²) < 4.78 is 5.01. The minimum Gasteiger partial charge on any atom is -0.398 e. The first kappa shape index (κ1) is 71.2. The molecular formula is C106H95N5. The first-order valence-electron chi connectivity index (χ1n) is 39.1. The fourth-order valence-corrected chi connectivity index (χ4v) is 16.5. The molecule has 2 N–H and O–H groups in total. The molecule has 0 amide bonds. The van der Waals surface area contributed by atoms with Crippen LogP contribution in [0.15, 0.2) is 346 Å². The van der Waals surface area contributed by atoms with E-state index in [-0.39, 0.29) is 21.7 Å². The monoisotopic (exact) mass is 1440 g/mol. The molecule has 0 aliphatic heterocycles. The predicted molar refractivity (Wildman–Crippen MR) is 476 cm³/mol. The highest BCUT2D eigenvalue weighted by Crippen LogP contribution is 2.53. The van der Waals surface area contributed by atoms with Gasteiger partial charge in [0.2, 0.25) is 0 Å². The van der Waals surface area contributed by atoms with Gasteiger partial charge in [0.15, 0.2) is 0 Å². The second-order valence-corrected chi connectivity index (χ2v) is 34.1. The molecule has 0 aliphatic rings. The van der Waals surface area contributed by atoms with E-state index in [9.17, 15) is 0 Å². The minimum absolute atomic E-state index is 0.0910. The van der Waals surface area contributed by atoms with Crippen LogP contribution in [0.5, 0.6) is 0 Å². The second-order valence-electron chi connectivity index (χ2n) is 34.1. The van der Waals surface area contributed by atoms with Crippen LogP contribution in [-0.2, 0) is 21.7 Å². The smallest absolute Gasteiger partial charge is 0.0618 e. The third-order valence-corrected chi connectivity index (χ3v) is 22.4. The summed E-state index contributed by atoms with van der Waals surface area (Å²) in [6.45, 7) is 27.8. The lowest BCUT2D eigenvalue weighted by molar-refractivity contribution is 0.590. The average Bonchev–Trinajstić information content (AvgIpc) is 1.65. The maximum absolute atomic E-state index is 8.33. The van der Waals surface area contributed by atoms with E-state index in [2.05, 4.69) is 448 Å². The molecule has 5 heteroatoms. The standard InChI is InChI=1S/C106H95N5/c1-103(2,3)76-52-56-96-92(64-76)93-65-77(104(4,5)6)53-57-97(93)110(96)84-62-74(60-82(68-84)108(80-42-27-17-28-43-80)101-88(70-34-19-13-20-35-70)48-32-49-89(101)71-36-21-14-22-37-71)86-46-31-47-87(100(86)107)75-61-83(69-85(63-75)111-98-58-54-78(105(7,8)9)66-94(98)95-67-79(106(10,11)12)55-59-99(95)111)109(81-44-29-18-30-45-81)102-90(72-38-23-15-24-39-72)50-33-51-91(102)73-40-25-16-26-41-73/h13-69H,107H2,1-12H3. The van der Waals surface area contributed by atoms with Crippen molar-refractivity contribution >= 4 is 83.4 Å². The Labute approximate surface area is 654 Å². The molecule has 0 atom stereocenters. The number of fused-ring (bicyclic) bond motifs is 6. The zero-order chi connectivity index (χ0) is 76.7. The number of nitrogens with zero attached hydrogens (tertiary/aromatic N) is 4. The number of hydrogen-bond acceptors (Lipinski definition) is 3. The Balaban J connectivity index is 0.979. The van der Waals surface area contributed by atoms with E-state index in [0.717, 1.165) is 134 Å². The van der Waals surface area contributed by atoms with Crippen LogP contribution in [0.4, 0.5) is 39.8 Å². The lowest BCUT2D eigenvalue weighted by atomic mass is 9.85. The molecule has 0 bridgehead atoms. The first-order valence-corrected chi connectivity index (χ1v) is 39.1. The first-order chi connectivity index (χ1) is 53.5. The molecule has 17 aromatic rings. The molecule has 111 heavy (non-hydrogen) atoms. The molecule has 0 radical (unpaired) electrons. The van der Waals surface area contributed by atoms with E-state index in [1.165, 1.54) is 43.8 Å². The van der Waals surface area contributed by atoms with Crippen LogP contribution in [0.1, 0.15) is 105 Å². The number of para-hydroxylation sites is 5. The molecule has 15 aromatic carbocycles. The van der Waals surface area contributed by atoms with Crippen LogP contribution in [0.3, 0.4) is 0 Å². The molecule has 0 aliphatic carbocycles. The topological polar surface area (TPSA) is 42.4 Å². The van der Waals surface area contributed by atoms with Crippen LogP contribution < -0.4 is 15.5 Å². The molecular weight excluding hydrogens is 1340 g/mol. The van der Waals surface area contributed by atoms with Crippen molar-refractivity contribution in [2.45, 2.75) is 105 Å². The van der Waals surface area contributed by atoms with Gasteiger partial charge in [0.25, 0.3) is 0 Å². The van der Waals surface area contributed by atoms with Gasteiger partial charge in [-0.3, -0.25) is 0 Å². The van der Waals surface area contributed by atoms with Gasteiger partial charge in [-0.05, 0) is 186 Å². The fraction of sp³-hybridized carbons (Fsp3) is 0.151. The van der Waals surface area contributed by atoms with Crippen LogP contribution in [0.25, 0.3) is 122 Å². The van der Waals surface area contributed by atoms with Crippen molar-refractivity contribution in [2.75, 3.05) is 15.5 Å². The van der Waals surface area contributed by atoms with E-state index in [1.54, 1.807) is 0 Å². The number of anilines is 7. The summed E-state index contributed by atoms with van der Waals surface area (Å²) in [6.07, 6.45) is 0. The summed E-state index contributed by atoms with van der Waals surface area (Å²) in [4.78, 5) is 4.99. The number of aromatic nitrogens is 2. The van der Waals surface area contributed by atoms with Crippen molar-refractivity contribution in [2.24, 2.45) is 0 Å². The molecule has 2 heterocycles. The second kappa shape index (κ2) is 28.1. The minimum atomic E-state index is -0.0910. The van der Waals surface area contributed by atoms with Gasteiger partial charge < -0.3 is 24.7 Å². The molecule has 17 rings (SSSR count). The Bertz CT molecular complexity index is 5700. The molecule has 2 aromatic heterocycles. The summed E-state index contributed by atoms with van der Waals surface area (Å²) in [5.74, 6) is 0. The van der Waals surface area contributed by atoms with Crippen molar-refractivity contribution in [1.82, 2.24) is 9.13 Å². The number of benzene rings is 15. The van der Waals surface area contributed by atoms with Gasteiger partial charge >= 0.3 is 0 Å². The van der Waals surface area contributed by atoms with Crippen molar-refractivity contribution in [3.05, 3.63) is 368 Å². The average molecular weight is 1440 g/mol. The summed E-state index contributed by atoms with van der Waals surface area (Å²) in [6, 6.07) is 128. The number of nitrogens with two attached hydrogens (primary N) is 1. The Morgan fingerprint density at radius 1 is 0.216 bits per heavy atom. The van der Waals surface area contributed by atoms with Gasteiger partial charge in [-0.1, -0.05) is 320 Å². The van der Waals surface area contributed by atoms with Crippen molar-refractivity contribution in [1.29, 1.82) is 0 Å². The molecule has 0 saturated heterocycles. The maximum atomic E-state index is 8.33. The van der Waals surface area contributed by atoms with Crippen LogP contribution >= 0.6 is 0 Å². The fourth-order valence-electron chi connectivity index (χ4n) is 16.5. The molecule has 0 fully saturated rings. The molecule has 0 spiro atoms. The summed E-state index contributed by atoms with van der Waals surface area (Å²) in [7, 11) is 0. The molecule has 0 unspecified atom stereocenters. The zero-order valence-corrected chi connectivity index (χ0v) is 65.8.